The summed E-state index contributed by atoms with van der Waals surface area (Å²) in [4.78, 5) is 5.27. The molecule has 140 valence electrons. The van der Waals surface area contributed by atoms with Gasteiger partial charge < -0.3 is 19.1 Å². The lowest BCUT2D eigenvalue weighted by Gasteiger charge is -2.40. The Labute approximate surface area is 151 Å². The lowest BCUT2D eigenvalue weighted by atomic mass is 9.99. The van der Waals surface area contributed by atoms with E-state index in [4.69, 9.17) is 14.2 Å². The van der Waals surface area contributed by atoms with Crippen molar-refractivity contribution in [2.24, 2.45) is 0 Å². The highest BCUT2D eigenvalue weighted by atomic mass is 16.5. The van der Waals surface area contributed by atoms with Crippen LogP contribution in [0, 0.1) is 0 Å². The molecule has 0 N–H and O–H groups in total. The van der Waals surface area contributed by atoms with Crippen molar-refractivity contribution in [3.05, 3.63) is 17.7 Å². The molecule has 0 spiro atoms. The third-order valence-corrected chi connectivity index (χ3v) is 5.59. The Morgan fingerprint density at radius 1 is 0.840 bits per heavy atom. The molecular formula is C20H32N2O3. The highest BCUT2D eigenvalue weighted by Gasteiger charge is 2.26. The van der Waals surface area contributed by atoms with Crippen molar-refractivity contribution < 1.29 is 14.2 Å². The van der Waals surface area contributed by atoms with Gasteiger partial charge in [0, 0.05) is 12.6 Å². The maximum absolute atomic E-state index is 5.47. The molecule has 0 amide bonds. The SMILES string of the molecule is COc1cc(CN2CCC(N3CCCCC3)CC2)cc(OC)c1OC. The minimum Gasteiger partial charge on any atom is -0.493 e. The highest BCUT2D eigenvalue weighted by Crippen LogP contribution is 2.38. The molecule has 2 aliphatic heterocycles. The van der Waals surface area contributed by atoms with E-state index in [2.05, 4.69) is 21.9 Å². The number of ether oxygens (including phenoxy) is 3. The van der Waals surface area contributed by atoms with E-state index < -0.39 is 0 Å². The molecule has 0 bridgehead atoms. The van der Waals surface area contributed by atoms with Crippen LogP contribution in [-0.4, -0.2) is 63.4 Å². The fourth-order valence-corrected chi connectivity index (χ4v) is 4.21. The molecule has 2 aliphatic rings. The van der Waals surface area contributed by atoms with Crippen molar-refractivity contribution in [1.29, 1.82) is 0 Å². The number of methoxy groups -OCH3 is 3. The molecule has 0 aromatic heterocycles. The number of rotatable bonds is 6. The van der Waals surface area contributed by atoms with Crippen LogP contribution in [0.15, 0.2) is 12.1 Å². The fourth-order valence-electron chi connectivity index (χ4n) is 4.21. The van der Waals surface area contributed by atoms with E-state index in [-0.39, 0.29) is 0 Å². The molecule has 5 nitrogen and oxygen atoms in total. The van der Waals surface area contributed by atoms with Crippen molar-refractivity contribution in [2.45, 2.75) is 44.7 Å². The maximum atomic E-state index is 5.47. The number of benzene rings is 1. The normalized spacial score (nSPS) is 20.4. The van der Waals surface area contributed by atoms with E-state index in [1.807, 2.05) is 0 Å². The summed E-state index contributed by atoms with van der Waals surface area (Å²) in [7, 11) is 4.99. The van der Waals surface area contributed by atoms with Crippen molar-refractivity contribution in [3.8, 4) is 17.2 Å². The third kappa shape index (κ3) is 4.39. The first-order valence-corrected chi connectivity index (χ1v) is 9.50. The molecule has 0 saturated carbocycles. The molecule has 25 heavy (non-hydrogen) atoms. The molecule has 2 fully saturated rings. The zero-order valence-corrected chi connectivity index (χ0v) is 15.9. The molecule has 1 aromatic rings. The highest BCUT2D eigenvalue weighted by molar-refractivity contribution is 5.53. The van der Waals surface area contributed by atoms with Crippen molar-refractivity contribution in [1.82, 2.24) is 9.80 Å². The first-order valence-electron chi connectivity index (χ1n) is 9.50. The van der Waals surface area contributed by atoms with Gasteiger partial charge in [0.15, 0.2) is 11.5 Å². The van der Waals surface area contributed by atoms with E-state index >= 15 is 0 Å². The van der Waals surface area contributed by atoms with Crippen LogP contribution in [0.3, 0.4) is 0 Å². The Hall–Kier alpha value is -1.46. The molecular weight excluding hydrogens is 316 g/mol. The lowest BCUT2D eigenvalue weighted by molar-refractivity contribution is 0.0896. The molecule has 0 unspecified atom stereocenters. The minimum atomic E-state index is 0.664. The third-order valence-electron chi connectivity index (χ3n) is 5.59. The van der Waals surface area contributed by atoms with Gasteiger partial charge in [0.05, 0.1) is 21.3 Å². The number of likely N-dealkylation sites (tertiary alicyclic amines) is 2. The van der Waals surface area contributed by atoms with Crippen LogP contribution < -0.4 is 14.2 Å². The Morgan fingerprint density at radius 2 is 1.44 bits per heavy atom. The average Bonchev–Trinajstić information content (AvgIpc) is 2.68. The van der Waals surface area contributed by atoms with Crippen LogP contribution >= 0.6 is 0 Å². The van der Waals surface area contributed by atoms with Gasteiger partial charge in [0.25, 0.3) is 0 Å². The summed E-state index contributed by atoms with van der Waals surface area (Å²) in [5.74, 6) is 2.14. The van der Waals surface area contributed by atoms with E-state index in [0.29, 0.717) is 5.75 Å². The van der Waals surface area contributed by atoms with Crippen LogP contribution in [0.1, 0.15) is 37.7 Å². The average molecular weight is 348 g/mol. The summed E-state index contributed by atoms with van der Waals surface area (Å²) in [5.41, 5.74) is 1.21. The zero-order valence-electron chi connectivity index (χ0n) is 15.9. The predicted molar refractivity (Wildman–Crippen MR) is 99.8 cm³/mol. The van der Waals surface area contributed by atoms with E-state index in [9.17, 15) is 0 Å². The van der Waals surface area contributed by atoms with Gasteiger partial charge in [-0.05, 0) is 69.6 Å². The smallest absolute Gasteiger partial charge is 0.203 e. The van der Waals surface area contributed by atoms with Crippen LogP contribution in [0.4, 0.5) is 0 Å². The van der Waals surface area contributed by atoms with E-state index in [0.717, 1.165) is 37.2 Å². The van der Waals surface area contributed by atoms with Crippen LogP contribution in [0.25, 0.3) is 0 Å². The van der Waals surface area contributed by atoms with Gasteiger partial charge in [0.2, 0.25) is 5.75 Å². The summed E-state index contributed by atoms with van der Waals surface area (Å²) in [6, 6.07) is 4.92. The second-order valence-electron chi connectivity index (χ2n) is 7.14. The topological polar surface area (TPSA) is 34.2 Å². The first kappa shape index (κ1) is 18.3. The predicted octanol–water partition coefficient (Wildman–Crippen LogP) is 3.16. The number of hydrogen-bond acceptors (Lipinski definition) is 5. The molecule has 5 heteroatoms. The Morgan fingerprint density at radius 3 is 1.96 bits per heavy atom. The van der Waals surface area contributed by atoms with Crippen molar-refractivity contribution >= 4 is 0 Å². The largest absolute Gasteiger partial charge is 0.493 e. The second kappa shape index (κ2) is 8.77. The number of piperidine rings is 2. The summed E-state index contributed by atoms with van der Waals surface area (Å²) in [5, 5.41) is 0. The quantitative estimate of drug-likeness (QED) is 0.789. The monoisotopic (exact) mass is 348 g/mol. The maximum Gasteiger partial charge on any atom is 0.203 e. The molecule has 2 saturated heterocycles. The van der Waals surface area contributed by atoms with Gasteiger partial charge in [-0.25, -0.2) is 0 Å². The summed E-state index contributed by atoms with van der Waals surface area (Å²) in [6.45, 7) is 5.87. The van der Waals surface area contributed by atoms with Crippen LogP contribution in [-0.2, 0) is 6.54 Å². The van der Waals surface area contributed by atoms with Crippen molar-refractivity contribution in [3.63, 3.8) is 0 Å². The van der Waals surface area contributed by atoms with Gasteiger partial charge in [-0.2, -0.15) is 0 Å². The Balaban J connectivity index is 1.60. The summed E-state index contributed by atoms with van der Waals surface area (Å²) in [6.07, 6.45) is 6.74. The standard InChI is InChI=1S/C20H32N2O3/c1-23-18-13-16(14-19(24-2)20(18)25-3)15-21-11-7-17(8-12-21)22-9-5-4-6-10-22/h13-14,17H,4-12,15H2,1-3H3. The first-order chi connectivity index (χ1) is 12.2. The second-order valence-corrected chi connectivity index (χ2v) is 7.14. The summed E-state index contributed by atoms with van der Waals surface area (Å²) >= 11 is 0. The molecule has 1 aromatic carbocycles. The zero-order chi connectivity index (χ0) is 17.6. The van der Waals surface area contributed by atoms with Crippen molar-refractivity contribution in [2.75, 3.05) is 47.5 Å². The number of hydrogen-bond donors (Lipinski definition) is 0. The van der Waals surface area contributed by atoms with Gasteiger partial charge in [-0.15, -0.1) is 0 Å². The molecule has 3 rings (SSSR count). The van der Waals surface area contributed by atoms with E-state index in [1.165, 1.54) is 50.8 Å². The van der Waals surface area contributed by atoms with E-state index in [1.54, 1.807) is 21.3 Å². The fraction of sp³-hybridized carbons (Fsp3) is 0.700. The van der Waals surface area contributed by atoms with Crippen LogP contribution in [0.5, 0.6) is 17.2 Å². The van der Waals surface area contributed by atoms with Gasteiger partial charge in [0.1, 0.15) is 0 Å². The van der Waals surface area contributed by atoms with Gasteiger partial charge >= 0.3 is 0 Å². The molecule has 0 atom stereocenters. The number of nitrogens with zero attached hydrogens (tertiary/aromatic N) is 2. The minimum absolute atomic E-state index is 0.664. The van der Waals surface area contributed by atoms with Crippen LogP contribution in [0.2, 0.25) is 0 Å². The molecule has 0 radical (unpaired) electrons. The molecule has 2 heterocycles. The lowest BCUT2D eigenvalue weighted by Crippen LogP contribution is -2.46. The van der Waals surface area contributed by atoms with Gasteiger partial charge in [-0.3, -0.25) is 4.90 Å². The Bertz CT molecular complexity index is 525. The Kier molecular flexibility index (Phi) is 6.43. The summed E-state index contributed by atoms with van der Waals surface area (Å²) < 4.78 is 16.4. The molecule has 0 aliphatic carbocycles. The van der Waals surface area contributed by atoms with Gasteiger partial charge in [-0.1, -0.05) is 6.42 Å².